The van der Waals surface area contributed by atoms with Gasteiger partial charge in [0.05, 0.1) is 32.4 Å². The molecular formula is C23H24FN5O6S. The predicted octanol–water partition coefficient (Wildman–Crippen LogP) is 2.60. The van der Waals surface area contributed by atoms with Crippen molar-refractivity contribution in [2.24, 2.45) is 0 Å². The molecule has 13 heteroatoms. The van der Waals surface area contributed by atoms with Gasteiger partial charge in [0.15, 0.2) is 33.1 Å². The largest absolute Gasteiger partial charge is 0.494 e. The maximum absolute atomic E-state index is 13.2. The lowest BCUT2D eigenvalue weighted by Crippen LogP contribution is -2.34. The van der Waals surface area contributed by atoms with Gasteiger partial charge in [-0.2, -0.15) is 0 Å². The second-order valence-corrected chi connectivity index (χ2v) is 10.3. The quantitative estimate of drug-likeness (QED) is 0.352. The summed E-state index contributed by atoms with van der Waals surface area (Å²) in [5, 5.41) is 19.1. The number of nitrogens with zero attached hydrogens (tertiary/aromatic N) is 5. The summed E-state index contributed by atoms with van der Waals surface area (Å²) >= 11 is 0. The number of hydrogen-bond acceptors (Lipinski definition) is 10. The van der Waals surface area contributed by atoms with E-state index < -0.39 is 32.8 Å². The number of aryl methyl sites for hydroxylation is 1. The lowest BCUT2D eigenvalue weighted by Gasteiger charge is -2.21. The van der Waals surface area contributed by atoms with Gasteiger partial charge in [-0.25, -0.2) is 22.8 Å². The molecular weight excluding hydrogens is 493 g/mol. The number of para-hydroxylation sites is 1. The van der Waals surface area contributed by atoms with Gasteiger partial charge in [-0.1, -0.05) is 6.07 Å². The summed E-state index contributed by atoms with van der Waals surface area (Å²) in [5.74, 6) is -0.325. The number of methoxy groups -OCH3 is 2. The number of aromatic nitrogens is 5. The minimum absolute atomic E-state index is 0.0256. The molecule has 0 saturated carbocycles. The first-order valence-corrected chi connectivity index (χ1v) is 12.5. The van der Waals surface area contributed by atoms with E-state index in [9.17, 15) is 17.9 Å². The fraction of sp³-hybridized carbons (Fsp3) is 0.304. The molecule has 4 aromatic rings. The standard InChI is InChI=1S/C23H24FN5O6S/c1-14-8-9-18(35-14)21-28-27-19(29(21)20-16(33-3)6-5-7-17(20)34-4)12-36(31,32)13-23(2,30)22-25-10-15(24)11-26-22/h5-11,30H,12-13H2,1-4H3/t23-/m1/s1. The van der Waals surface area contributed by atoms with E-state index >= 15 is 0 Å². The Morgan fingerprint density at radius 2 is 1.72 bits per heavy atom. The van der Waals surface area contributed by atoms with Crippen LogP contribution >= 0.6 is 0 Å². The summed E-state index contributed by atoms with van der Waals surface area (Å²) in [6.07, 6.45) is 1.71. The van der Waals surface area contributed by atoms with E-state index in [0.717, 1.165) is 12.4 Å². The Balaban J connectivity index is 1.80. The van der Waals surface area contributed by atoms with Crippen LogP contribution < -0.4 is 9.47 Å². The summed E-state index contributed by atoms with van der Waals surface area (Å²) in [5.41, 5.74) is -1.61. The normalized spacial score (nSPS) is 13.4. The molecule has 0 fully saturated rings. The number of ether oxygens (including phenoxy) is 2. The number of aliphatic hydroxyl groups is 1. The molecule has 1 N–H and O–H groups in total. The van der Waals surface area contributed by atoms with Crippen LogP contribution in [-0.2, 0) is 21.2 Å². The summed E-state index contributed by atoms with van der Waals surface area (Å²) in [4.78, 5) is 7.44. The molecule has 190 valence electrons. The molecule has 36 heavy (non-hydrogen) atoms. The van der Waals surface area contributed by atoms with Crippen molar-refractivity contribution >= 4 is 9.84 Å². The average molecular weight is 518 g/mol. The van der Waals surface area contributed by atoms with Crippen molar-refractivity contribution in [1.29, 1.82) is 0 Å². The van der Waals surface area contributed by atoms with E-state index in [2.05, 4.69) is 20.2 Å². The Kier molecular flexibility index (Phi) is 6.78. The highest BCUT2D eigenvalue weighted by Gasteiger charge is 2.35. The third-order valence-electron chi connectivity index (χ3n) is 5.27. The van der Waals surface area contributed by atoms with Gasteiger partial charge in [-0.05, 0) is 38.1 Å². The van der Waals surface area contributed by atoms with Gasteiger partial charge < -0.3 is 19.0 Å². The fourth-order valence-electron chi connectivity index (χ4n) is 3.74. The third kappa shape index (κ3) is 5.06. The highest BCUT2D eigenvalue weighted by atomic mass is 32.2. The number of hydrogen-bond donors (Lipinski definition) is 1. The monoisotopic (exact) mass is 517 g/mol. The van der Waals surface area contributed by atoms with E-state index in [1.54, 1.807) is 37.3 Å². The lowest BCUT2D eigenvalue weighted by atomic mass is 10.1. The second kappa shape index (κ2) is 9.66. The molecule has 1 aromatic carbocycles. The summed E-state index contributed by atoms with van der Waals surface area (Å²) < 4.78 is 57.9. The van der Waals surface area contributed by atoms with Crippen LogP contribution in [-0.4, -0.2) is 58.2 Å². The maximum Gasteiger partial charge on any atom is 0.204 e. The fourth-order valence-corrected chi connectivity index (χ4v) is 5.41. The van der Waals surface area contributed by atoms with Gasteiger partial charge in [-0.15, -0.1) is 10.2 Å². The molecule has 4 rings (SSSR count). The van der Waals surface area contributed by atoms with E-state index in [4.69, 9.17) is 13.9 Å². The maximum atomic E-state index is 13.2. The predicted molar refractivity (Wildman–Crippen MR) is 126 cm³/mol. The Morgan fingerprint density at radius 3 is 2.28 bits per heavy atom. The minimum Gasteiger partial charge on any atom is -0.494 e. The molecule has 0 saturated heterocycles. The van der Waals surface area contributed by atoms with E-state index in [-0.39, 0.29) is 17.5 Å². The van der Waals surface area contributed by atoms with Crippen LogP contribution in [0, 0.1) is 12.7 Å². The first kappa shape index (κ1) is 25.3. The molecule has 0 aliphatic carbocycles. The van der Waals surface area contributed by atoms with Crippen molar-refractivity contribution in [3.8, 4) is 28.8 Å². The van der Waals surface area contributed by atoms with Crippen molar-refractivity contribution in [2.75, 3.05) is 20.0 Å². The molecule has 0 aliphatic rings. The van der Waals surface area contributed by atoms with Crippen LogP contribution in [0.1, 0.15) is 24.3 Å². The number of sulfone groups is 1. The molecule has 1 atom stereocenters. The van der Waals surface area contributed by atoms with E-state index in [1.165, 1.54) is 25.7 Å². The third-order valence-corrected chi connectivity index (χ3v) is 6.97. The number of furan rings is 1. The van der Waals surface area contributed by atoms with Crippen molar-refractivity contribution in [1.82, 2.24) is 24.7 Å². The van der Waals surface area contributed by atoms with Gasteiger partial charge in [0.2, 0.25) is 5.82 Å². The average Bonchev–Trinajstić information content (AvgIpc) is 3.43. The molecule has 3 aromatic heterocycles. The smallest absolute Gasteiger partial charge is 0.204 e. The van der Waals surface area contributed by atoms with Gasteiger partial charge in [0.1, 0.15) is 34.3 Å². The number of halogens is 1. The van der Waals surface area contributed by atoms with Crippen molar-refractivity contribution in [2.45, 2.75) is 25.2 Å². The molecule has 0 amide bonds. The Morgan fingerprint density at radius 1 is 1.08 bits per heavy atom. The van der Waals surface area contributed by atoms with Crippen LogP contribution in [0.3, 0.4) is 0 Å². The van der Waals surface area contributed by atoms with Gasteiger partial charge in [-0.3, -0.25) is 4.57 Å². The van der Waals surface area contributed by atoms with E-state index in [1.807, 2.05) is 0 Å². The zero-order valence-corrected chi connectivity index (χ0v) is 20.8. The van der Waals surface area contributed by atoms with Gasteiger partial charge >= 0.3 is 0 Å². The zero-order chi connectivity index (χ0) is 26.1. The molecule has 0 bridgehead atoms. The van der Waals surface area contributed by atoms with Crippen LogP contribution in [0.4, 0.5) is 4.39 Å². The topological polar surface area (TPSA) is 142 Å². The zero-order valence-electron chi connectivity index (χ0n) is 20.0. The summed E-state index contributed by atoms with van der Waals surface area (Å²) in [6, 6.07) is 8.52. The Labute approximate surface area is 206 Å². The lowest BCUT2D eigenvalue weighted by molar-refractivity contribution is 0.0718. The van der Waals surface area contributed by atoms with E-state index in [0.29, 0.717) is 28.7 Å². The van der Waals surface area contributed by atoms with Crippen LogP contribution in [0.25, 0.3) is 17.3 Å². The highest BCUT2D eigenvalue weighted by molar-refractivity contribution is 7.90. The molecule has 3 heterocycles. The van der Waals surface area contributed by atoms with Crippen LogP contribution in [0.15, 0.2) is 47.1 Å². The molecule has 0 spiro atoms. The van der Waals surface area contributed by atoms with Crippen molar-refractivity contribution < 1.29 is 31.8 Å². The summed E-state index contributed by atoms with van der Waals surface area (Å²) in [7, 11) is -1.11. The Bertz CT molecular complexity index is 1460. The van der Waals surface area contributed by atoms with Crippen LogP contribution in [0.5, 0.6) is 11.5 Å². The second-order valence-electron chi connectivity index (χ2n) is 8.23. The molecule has 0 aliphatic heterocycles. The van der Waals surface area contributed by atoms with Gasteiger partial charge in [0.25, 0.3) is 0 Å². The molecule has 11 nitrogen and oxygen atoms in total. The first-order chi connectivity index (χ1) is 17.0. The summed E-state index contributed by atoms with van der Waals surface area (Å²) in [6.45, 7) is 3.00. The minimum atomic E-state index is -4.04. The van der Waals surface area contributed by atoms with Crippen molar-refractivity contribution in [3.63, 3.8) is 0 Å². The number of rotatable bonds is 9. The number of benzene rings is 1. The van der Waals surface area contributed by atoms with Gasteiger partial charge in [0, 0.05) is 0 Å². The molecule has 0 unspecified atom stereocenters. The van der Waals surface area contributed by atoms with Crippen molar-refractivity contribution in [3.05, 3.63) is 66.0 Å². The Hall–Kier alpha value is -3.84. The van der Waals surface area contributed by atoms with Crippen LogP contribution in [0.2, 0.25) is 0 Å². The first-order valence-electron chi connectivity index (χ1n) is 10.7. The SMILES string of the molecule is COc1cccc(OC)c1-n1c(CS(=O)(=O)C[C@@](C)(O)c2ncc(F)cn2)nnc1-c1ccc(C)o1. The molecule has 0 radical (unpaired) electrons. The highest BCUT2D eigenvalue weighted by Crippen LogP contribution is 2.37.